The second kappa shape index (κ2) is 13.2. The molecule has 2 heterocycles. The van der Waals surface area contributed by atoms with E-state index >= 15 is 0 Å². The number of hydrogen-bond acceptors (Lipinski definition) is 9. The molecule has 0 fully saturated rings. The second-order valence-electron chi connectivity index (χ2n) is 10.6. The van der Waals surface area contributed by atoms with Crippen molar-refractivity contribution >= 4 is 11.8 Å². The lowest BCUT2D eigenvalue weighted by Gasteiger charge is -2.32. The van der Waals surface area contributed by atoms with Gasteiger partial charge in [-0.25, -0.2) is 0 Å². The number of aromatic nitrogens is 4. The van der Waals surface area contributed by atoms with E-state index in [4.69, 9.17) is 18.6 Å². The monoisotopic (exact) mass is 576 g/mol. The van der Waals surface area contributed by atoms with Crippen LogP contribution >= 0.6 is 0 Å². The number of rotatable bonds is 12. The zero-order valence-corrected chi connectivity index (χ0v) is 24.7. The molecule has 0 saturated carbocycles. The molecule has 0 bridgehead atoms. The quantitative estimate of drug-likeness (QED) is 0.268. The van der Waals surface area contributed by atoms with Gasteiger partial charge in [-0.15, -0.1) is 10.2 Å². The first-order valence-electron chi connectivity index (χ1n) is 13.4. The molecular formula is C30H36N6O6. The van der Waals surface area contributed by atoms with Crippen LogP contribution in [0.15, 0.2) is 65.3 Å². The molecule has 0 aliphatic rings. The van der Waals surface area contributed by atoms with Gasteiger partial charge in [-0.3, -0.25) is 9.59 Å². The number of tetrazole rings is 1. The molecule has 0 aliphatic carbocycles. The number of hydrogen-bond donors (Lipinski definition) is 1. The van der Waals surface area contributed by atoms with Crippen molar-refractivity contribution in [3.05, 3.63) is 72.2 Å². The van der Waals surface area contributed by atoms with Crippen LogP contribution in [-0.2, 0) is 22.6 Å². The number of methoxy groups -OCH3 is 3. The van der Waals surface area contributed by atoms with Crippen molar-refractivity contribution in [1.29, 1.82) is 0 Å². The van der Waals surface area contributed by atoms with Gasteiger partial charge < -0.3 is 28.8 Å². The summed E-state index contributed by atoms with van der Waals surface area (Å²) in [4.78, 5) is 30.2. The molecule has 1 atom stereocenters. The number of nitrogens with one attached hydrogen (secondary N) is 1. The molecule has 12 heteroatoms. The van der Waals surface area contributed by atoms with E-state index in [1.165, 1.54) is 16.0 Å². The van der Waals surface area contributed by atoms with Crippen molar-refractivity contribution in [2.24, 2.45) is 0 Å². The summed E-state index contributed by atoms with van der Waals surface area (Å²) in [6.07, 6.45) is 1.90. The number of benzene rings is 2. The summed E-state index contributed by atoms with van der Waals surface area (Å²) in [6.45, 7) is 5.58. The highest BCUT2D eigenvalue weighted by molar-refractivity contribution is 5.88. The van der Waals surface area contributed by atoms with Crippen molar-refractivity contribution < 1.29 is 28.2 Å². The summed E-state index contributed by atoms with van der Waals surface area (Å²) in [5.74, 6) is 1.79. The van der Waals surface area contributed by atoms with Gasteiger partial charge in [-0.2, -0.15) is 4.80 Å². The second-order valence-corrected chi connectivity index (χ2v) is 10.6. The molecule has 0 radical (unpaired) electrons. The van der Waals surface area contributed by atoms with Crippen molar-refractivity contribution in [3.8, 4) is 28.6 Å². The summed E-state index contributed by atoms with van der Waals surface area (Å²) in [7, 11) is 4.72. The third kappa shape index (κ3) is 7.45. The average molecular weight is 577 g/mol. The molecule has 2 aromatic carbocycles. The smallest absolute Gasteiger partial charge is 0.251 e. The molecule has 2 aromatic heterocycles. The Balaban J connectivity index is 1.63. The van der Waals surface area contributed by atoms with Gasteiger partial charge in [0.2, 0.25) is 11.7 Å². The fourth-order valence-corrected chi connectivity index (χ4v) is 4.37. The van der Waals surface area contributed by atoms with Gasteiger partial charge in [-0.05, 0) is 86.5 Å². The molecule has 42 heavy (non-hydrogen) atoms. The number of carbonyl (C=O) groups is 2. The van der Waals surface area contributed by atoms with Gasteiger partial charge in [0.25, 0.3) is 5.91 Å². The van der Waals surface area contributed by atoms with E-state index < -0.39 is 11.6 Å². The first-order chi connectivity index (χ1) is 20.1. The van der Waals surface area contributed by atoms with E-state index in [0.717, 1.165) is 11.1 Å². The third-order valence-corrected chi connectivity index (χ3v) is 6.36. The standard InChI is InChI=1S/C30H36N6O6/c1-30(2,3)31-29(38)27(24-8-7-17-42-24)35(16-15-20-9-14-23(40-5)25(18-20)41-6)26(37)19-36-33-28(32-34-36)21-10-12-22(39-4)13-11-21/h7-14,17-18,27H,15-16,19H2,1-6H3,(H,31,38)/t27-/m1/s1. The normalized spacial score (nSPS) is 12.0. The minimum absolute atomic E-state index is 0.192. The third-order valence-electron chi connectivity index (χ3n) is 6.36. The summed E-state index contributed by atoms with van der Waals surface area (Å²) in [6, 6.07) is 15.1. The van der Waals surface area contributed by atoms with E-state index in [9.17, 15) is 9.59 Å². The minimum atomic E-state index is -1.03. The van der Waals surface area contributed by atoms with Gasteiger partial charge in [0.1, 0.15) is 18.1 Å². The topological polar surface area (TPSA) is 134 Å². The molecule has 12 nitrogen and oxygen atoms in total. The molecule has 222 valence electrons. The predicted octanol–water partition coefficient (Wildman–Crippen LogP) is 3.69. The minimum Gasteiger partial charge on any atom is -0.497 e. The molecule has 0 unspecified atom stereocenters. The van der Waals surface area contributed by atoms with Crippen LogP contribution in [0.4, 0.5) is 0 Å². The highest BCUT2D eigenvalue weighted by Crippen LogP contribution is 2.29. The summed E-state index contributed by atoms with van der Waals surface area (Å²) >= 11 is 0. The van der Waals surface area contributed by atoms with Crippen LogP contribution in [0.25, 0.3) is 11.4 Å². The van der Waals surface area contributed by atoms with Crippen molar-refractivity contribution in [2.75, 3.05) is 27.9 Å². The maximum Gasteiger partial charge on any atom is 0.251 e. The average Bonchev–Trinajstić information content (AvgIpc) is 3.67. The van der Waals surface area contributed by atoms with Crippen LogP contribution in [0.1, 0.15) is 38.1 Å². The summed E-state index contributed by atoms with van der Waals surface area (Å²) < 4.78 is 21.7. The van der Waals surface area contributed by atoms with Gasteiger partial charge in [0.15, 0.2) is 17.5 Å². The molecule has 4 rings (SSSR count). The Hall–Kier alpha value is -4.87. The van der Waals surface area contributed by atoms with E-state index in [1.54, 1.807) is 63.8 Å². The molecule has 0 spiro atoms. The van der Waals surface area contributed by atoms with Crippen LogP contribution in [0.3, 0.4) is 0 Å². The number of amides is 2. The molecule has 1 N–H and O–H groups in total. The van der Waals surface area contributed by atoms with Gasteiger partial charge >= 0.3 is 0 Å². The fourth-order valence-electron chi connectivity index (χ4n) is 4.37. The maximum absolute atomic E-state index is 13.9. The van der Waals surface area contributed by atoms with Crippen molar-refractivity contribution in [3.63, 3.8) is 0 Å². The van der Waals surface area contributed by atoms with E-state index in [0.29, 0.717) is 35.3 Å². The van der Waals surface area contributed by atoms with Crippen LogP contribution in [0, 0.1) is 0 Å². The van der Waals surface area contributed by atoms with E-state index in [1.807, 2.05) is 32.9 Å². The molecule has 2 amide bonds. The zero-order valence-electron chi connectivity index (χ0n) is 24.7. The number of ether oxygens (including phenoxy) is 3. The molecular weight excluding hydrogens is 540 g/mol. The fraction of sp³-hybridized carbons (Fsp3) is 0.367. The molecule has 0 aliphatic heterocycles. The van der Waals surface area contributed by atoms with Crippen LogP contribution in [0.5, 0.6) is 17.2 Å². The van der Waals surface area contributed by atoms with Gasteiger partial charge in [0, 0.05) is 17.6 Å². The lowest BCUT2D eigenvalue weighted by molar-refractivity contribution is -0.143. The first-order valence-corrected chi connectivity index (χ1v) is 13.4. The first kappa shape index (κ1) is 30.1. The summed E-state index contributed by atoms with van der Waals surface area (Å²) in [5.41, 5.74) is 1.07. The van der Waals surface area contributed by atoms with Crippen molar-refractivity contribution in [1.82, 2.24) is 30.4 Å². The Morgan fingerprint density at radius 3 is 2.36 bits per heavy atom. The van der Waals surface area contributed by atoms with Crippen LogP contribution in [0.2, 0.25) is 0 Å². The lowest BCUT2D eigenvalue weighted by Crippen LogP contribution is -2.50. The van der Waals surface area contributed by atoms with Crippen LogP contribution in [-0.4, -0.2) is 70.3 Å². The van der Waals surface area contributed by atoms with Gasteiger partial charge in [0.05, 0.1) is 27.6 Å². The van der Waals surface area contributed by atoms with Gasteiger partial charge in [-0.1, -0.05) is 6.07 Å². The largest absolute Gasteiger partial charge is 0.497 e. The Kier molecular flexibility index (Phi) is 9.46. The molecule has 4 aromatic rings. The SMILES string of the molecule is COc1ccc(-c2nnn(CC(=O)N(CCc3ccc(OC)c(OC)c3)[C@@H](C(=O)NC(C)(C)C)c3ccco3)n2)cc1. The Morgan fingerprint density at radius 2 is 1.74 bits per heavy atom. The highest BCUT2D eigenvalue weighted by atomic mass is 16.5. The van der Waals surface area contributed by atoms with Crippen LogP contribution < -0.4 is 19.5 Å². The summed E-state index contributed by atoms with van der Waals surface area (Å²) in [5, 5.41) is 15.6. The van der Waals surface area contributed by atoms with Crippen molar-refractivity contribution in [2.45, 2.75) is 45.3 Å². The Bertz CT molecular complexity index is 1480. The predicted molar refractivity (Wildman–Crippen MR) is 154 cm³/mol. The van der Waals surface area contributed by atoms with E-state index in [2.05, 4.69) is 20.7 Å². The number of furan rings is 1. The Labute approximate surface area is 244 Å². The lowest BCUT2D eigenvalue weighted by atomic mass is 10.0. The van der Waals surface area contributed by atoms with E-state index in [-0.39, 0.29) is 24.9 Å². The zero-order chi connectivity index (χ0) is 30.3. The maximum atomic E-state index is 13.9. The highest BCUT2D eigenvalue weighted by Gasteiger charge is 2.35. The molecule has 0 saturated heterocycles. The number of carbonyl (C=O) groups excluding carboxylic acids is 2. The Morgan fingerprint density at radius 1 is 1.00 bits per heavy atom. The number of nitrogens with zero attached hydrogens (tertiary/aromatic N) is 5.